The lowest BCUT2D eigenvalue weighted by atomic mass is 10.2. The summed E-state index contributed by atoms with van der Waals surface area (Å²) in [6, 6.07) is 6.46. The Labute approximate surface area is 135 Å². The van der Waals surface area contributed by atoms with Crippen molar-refractivity contribution < 1.29 is 13.2 Å². The summed E-state index contributed by atoms with van der Waals surface area (Å²) in [5, 5.41) is 0. The number of hydrogen-bond acceptors (Lipinski definition) is 3. The molecule has 0 aliphatic rings. The Hall–Kier alpha value is -1.14. The summed E-state index contributed by atoms with van der Waals surface area (Å²) in [6.45, 7) is 6.92. The van der Waals surface area contributed by atoms with Gasteiger partial charge in [-0.05, 0) is 39.8 Å². The minimum absolute atomic E-state index is 0.0145. The molecule has 0 saturated heterocycles. The molecule has 21 heavy (non-hydrogen) atoms. The van der Waals surface area contributed by atoms with Crippen LogP contribution < -0.4 is 0 Å². The number of halogens is 1. The Morgan fingerprint density at radius 2 is 1.81 bits per heavy atom. The summed E-state index contributed by atoms with van der Waals surface area (Å²) in [4.78, 5) is 12.5. The van der Waals surface area contributed by atoms with Crippen LogP contribution in [0.2, 0.25) is 0 Å². The number of benzene rings is 1. The van der Waals surface area contributed by atoms with E-state index in [1.54, 1.807) is 45.1 Å². The van der Waals surface area contributed by atoms with Crippen LogP contribution in [0.5, 0.6) is 0 Å². The van der Waals surface area contributed by atoms with Crippen molar-refractivity contribution in [3.8, 4) is 0 Å². The molecule has 0 fully saturated rings. The number of nitrogens with zero attached hydrogens (tertiary/aromatic N) is 1. The smallest absolute Gasteiger partial charge is 0.266 e. The molecule has 1 aromatic rings. The van der Waals surface area contributed by atoms with Crippen molar-refractivity contribution in [2.24, 2.45) is 0 Å². The quantitative estimate of drug-likeness (QED) is 0.587. The molecular weight excluding hydrogens is 354 g/mol. The van der Waals surface area contributed by atoms with E-state index >= 15 is 0 Å². The van der Waals surface area contributed by atoms with Crippen LogP contribution in [0.1, 0.15) is 26.3 Å². The highest BCUT2D eigenvalue weighted by Crippen LogP contribution is 2.24. The molecule has 0 aliphatic heterocycles. The van der Waals surface area contributed by atoms with Gasteiger partial charge < -0.3 is 0 Å². The van der Waals surface area contributed by atoms with Crippen LogP contribution in [0, 0.1) is 6.92 Å². The highest BCUT2D eigenvalue weighted by molar-refractivity contribution is 9.10. The zero-order valence-corrected chi connectivity index (χ0v) is 15.0. The minimum atomic E-state index is -3.87. The standard InChI is InChI=1S/C15H20BrNO3S/c1-5-6-11-17(14(18)15(3,4)16)21(19,20)13-9-7-12(2)8-10-13/h5-10H,11H2,1-4H3/b6-5-. The molecule has 1 amide bonds. The largest absolute Gasteiger partial charge is 0.272 e. The number of rotatable bonds is 5. The maximum Gasteiger partial charge on any atom is 0.266 e. The second kappa shape index (κ2) is 6.75. The molecule has 0 heterocycles. The van der Waals surface area contributed by atoms with Gasteiger partial charge in [-0.15, -0.1) is 0 Å². The van der Waals surface area contributed by atoms with Crippen molar-refractivity contribution in [1.82, 2.24) is 4.31 Å². The Morgan fingerprint density at radius 1 is 1.29 bits per heavy atom. The van der Waals surface area contributed by atoms with Crippen molar-refractivity contribution in [1.29, 1.82) is 0 Å². The first-order valence-corrected chi connectivity index (χ1v) is 8.78. The molecule has 4 nitrogen and oxygen atoms in total. The highest BCUT2D eigenvalue weighted by atomic mass is 79.9. The van der Waals surface area contributed by atoms with E-state index in [0.717, 1.165) is 9.87 Å². The molecular formula is C15H20BrNO3S. The lowest BCUT2D eigenvalue weighted by Crippen LogP contribution is -2.45. The molecule has 0 bridgehead atoms. The van der Waals surface area contributed by atoms with Gasteiger partial charge in [-0.3, -0.25) is 4.79 Å². The molecule has 1 aromatic carbocycles. The average Bonchev–Trinajstić information content (AvgIpc) is 2.38. The molecule has 0 N–H and O–H groups in total. The SMILES string of the molecule is C/C=C\CN(C(=O)C(C)(C)Br)S(=O)(=O)c1ccc(C)cc1. The fourth-order valence-corrected chi connectivity index (χ4v) is 3.42. The molecule has 0 atom stereocenters. The topological polar surface area (TPSA) is 54.5 Å². The van der Waals surface area contributed by atoms with Crippen molar-refractivity contribution >= 4 is 31.9 Å². The number of alkyl halides is 1. The fraction of sp³-hybridized carbons (Fsp3) is 0.400. The number of carbonyl (C=O) groups is 1. The first kappa shape index (κ1) is 17.9. The zero-order valence-electron chi connectivity index (χ0n) is 12.6. The molecule has 116 valence electrons. The van der Waals surface area contributed by atoms with Crippen LogP contribution in [0.3, 0.4) is 0 Å². The number of amides is 1. The number of sulfonamides is 1. The van der Waals surface area contributed by atoms with Gasteiger partial charge in [-0.25, -0.2) is 12.7 Å². The highest BCUT2D eigenvalue weighted by Gasteiger charge is 2.36. The van der Waals surface area contributed by atoms with E-state index in [4.69, 9.17) is 0 Å². The second-order valence-electron chi connectivity index (χ2n) is 5.20. The normalized spacial score (nSPS) is 12.6. The van der Waals surface area contributed by atoms with Crippen LogP contribution in [-0.2, 0) is 14.8 Å². The Kier molecular flexibility index (Phi) is 5.75. The van der Waals surface area contributed by atoms with Gasteiger partial charge in [0.05, 0.1) is 15.8 Å². The van der Waals surface area contributed by atoms with E-state index in [9.17, 15) is 13.2 Å². The van der Waals surface area contributed by atoms with Crippen molar-refractivity contribution in [3.05, 3.63) is 42.0 Å². The van der Waals surface area contributed by atoms with E-state index in [1.165, 1.54) is 12.1 Å². The van der Waals surface area contributed by atoms with Crippen molar-refractivity contribution in [2.75, 3.05) is 6.54 Å². The van der Waals surface area contributed by atoms with E-state index in [2.05, 4.69) is 15.9 Å². The van der Waals surface area contributed by atoms with E-state index in [-0.39, 0.29) is 11.4 Å². The first-order chi connectivity index (χ1) is 9.60. The minimum Gasteiger partial charge on any atom is -0.272 e. The van der Waals surface area contributed by atoms with Gasteiger partial charge >= 0.3 is 0 Å². The van der Waals surface area contributed by atoms with Gasteiger partial charge in [0.2, 0.25) is 0 Å². The van der Waals surface area contributed by atoms with Gasteiger partial charge in [-0.2, -0.15) is 0 Å². The number of allylic oxidation sites excluding steroid dienone is 1. The van der Waals surface area contributed by atoms with Gasteiger partial charge in [0.15, 0.2) is 0 Å². The Balaban J connectivity index is 3.30. The van der Waals surface area contributed by atoms with E-state index in [1.807, 2.05) is 6.92 Å². The summed E-state index contributed by atoms with van der Waals surface area (Å²) < 4.78 is 25.3. The molecule has 0 aliphatic carbocycles. The third kappa shape index (κ3) is 4.41. The van der Waals surface area contributed by atoms with E-state index < -0.39 is 20.3 Å². The summed E-state index contributed by atoms with van der Waals surface area (Å²) in [7, 11) is -3.87. The third-order valence-electron chi connectivity index (χ3n) is 2.85. The summed E-state index contributed by atoms with van der Waals surface area (Å²) >= 11 is 3.23. The van der Waals surface area contributed by atoms with Crippen LogP contribution in [0.25, 0.3) is 0 Å². The lowest BCUT2D eigenvalue weighted by molar-refractivity contribution is -0.127. The predicted octanol–water partition coefficient (Wildman–Crippen LogP) is 3.26. The van der Waals surface area contributed by atoms with Crippen LogP contribution >= 0.6 is 15.9 Å². The Morgan fingerprint density at radius 3 is 2.24 bits per heavy atom. The number of aryl methyl sites for hydroxylation is 1. The summed E-state index contributed by atoms with van der Waals surface area (Å²) in [5.41, 5.74) is 0.959. The molecule has 0 radical (unpaired) electrons. The molecule has 6 heteroatoms. The van der Waals surface area contributed by atoms with Crippen LogP contribution in [0.15, 0.2) is 41.3 Å². The average molecular weight is 374 g/mol. The predicted molar refractivity (Wildman–Crippen MR) is 87.9 cm³/mol. The summed E-state index contributed by atoms with van der Waals surface area (Å²) in [5.74, 6) is -0.499. The number of carbonyl (C=O) groups excluding carboxylic acids is 1. The first-order valence-electron chi connectivity index (χ1n) is 6.54. The Bertz CT molecular complexity index is 628. The molecule has 0 aromatic heterocycles. The number of hydrogen-bond donors (Lipinski definition) is 0. The third-order valence-corrected chi connectivity index (χ3v) is 4.95. The van der Waals surface area contributed by atoms with Crippen LogP contribution in [0.4, 0.5) is 0 Å². The van der Waals surface area contributed by atoms with E-state index in [0.29, 0.717) is 0 Å². The molecule has 0 saturated carbocycles. The van der Waals surface area contributed by atoms with Gasteiger partial charge in [0, 0.05) is 0 Å². The van der Waals surface area contributed by atoms with Gasteiger partial charge in [-0.1, -0.05) is 45.8 Å². The molecule has 1 rings (SSSR count). The monoisotopic (exact) mass is 373 g/mol. The molecule has 0 unspecified atom stereocenters. The van der Waals surface area contributed by atoms with Gasteiger partial charge in [0.25, 0.3) is 15.9 Å². The van der Waals surface area contributed by atoms with Crippen molar-refractivity contribution in [2.45, 2.75) is 36.9 Å². The molecule has 0 spiro atoms. The van der Waals surface area contributed by atoms with Crippen LogP contribution in [-0.4, -0.2) is 29.5 Å². The zero-order chi connectivity index (χ0) is 16.3. The summed E-state index contributed by atoms with van der Waals surface area (Å²) in [6.07, 6.45) is 3.36. The maximum absolute atomic E-state index is 12.7. The maximum atomic E-state index is 12.7. The van der Waals surface area contributed by atoms with Gasteiger partial charge in [0.1, 0.15) is 0 Å². The second-order valence-corrected chi connectivity index (χ2v) is 9.04. The van der Waals surface area contributed by atoms with Crippen molar-refractivity contribution in [3.63, 3.8) is 0 Å². The fourth-order valence-electron chi connectivity index (χ4n) is 1.63. The lowest BCUT2D eigenvalue weighted by Gasteiger charge is -2.27.